The fourth-order valence-corrected chi connectivity index (χ4v) is 4.26. The Morgan fingerprint density at radius 3 is 3.00 bits per heavy atom. The first kappa shape index (κ1) is 13.4. The van der Waals surface area contributed by atoms with Crippen molar-refractivity contribution in [3.63, 3.8) is 0 Å². The largest absolute Gasteiger partial charge is 0.481 e. The van der Waals surface area contributed by atoms with E-state index in [0.717, 1.165) is 5.01 Å². The Morgan fingerprint density at radius 2 is 2.39 bits per heavy atom. The molecule has 1 unspecified atom stereocenters. The van der Waals surface area contributed by atoms with Crippen LogP contribution in [-0.4, -0.2) is 53.5 Å². The number of sulfone groups is 1. The molecule has 0 saturated carbocycles. The second-order valence-electron chi connectivity index (χ2n) is 4.26. The normalized spacial score (nSPS) is 23.9. The van der Waals surface area contributed by atoms with Crippen molar-refractivity contribution in [2.75, 3.05) is 18.1 Å². The molecular weight excluding hydrogens is 276 g/mol. The van der Waals surface area contributed by atoms with E-state index in [1.54, 1.807) is 6.20 Å². The van der Waals surface area contributed by atoms with Crippen LogP contribution in [0.4, 0.5) is 0 Å². The molecule has 0 radical (unpaired) electrons. The molecule has 18 heavy (non-hydrogen) atoms. The van der Waals surface area contributed by atoms with Crippen LogP contribution in [0.2, 0.25) is 0 Å². The summed E-state index contributed by atoms with van der Waals surface area (Å²) < 4.78 is 23.1. The molecule has 2 heterocycles. The summed E-state index contributed by atoms with van der Waals surface area (Å²) in [5.74, 6) is -0.958. The molecule has 2 rings (SSSR count). The summed E-state index contributed by atoms with van der Waals surface area (Å²) in [5.41, 5.74) is 0. The van der Waals surface area contributed by atoms with Gasteiger partial charge < -0.3 is 5.11 Å². The van der Waals surface area contributed by atoms with E-state index in [2.05, 4.69) is 4.98 Å². The lowest BCUT2D eigenvalue weighted by molar-refractivity contribution is -0.138. The number of carboxylic acid groups (broad SMARTS) is 1. The number of carboxylic acids is 1. The van der Waals surface area contributed by atoms with Gasteiger partial charge in [0.1, 0.15) is 5.01 Å². The van der Waals surface area contributed by atoms with Gasteiger partial charge in [0, 0.05) is 24.2 Å². The number of nitrogens with zero attached hydrogens (tertiary/aromatic N) is 2. The van der Waals surface area contributed by atoms with Crippen molar-refractivity contribution < 1.29 is 18.3 Å². The Hall–Kier alpha value is -0.990. The first-order chi connectivity index (χ1) is 8.46. The SMILES string of the molecule is O=C(O)CC1CS(=O)(=O)CCN1Cc1nccs1. The lowest BCUT2D eigenvalue weighted by Gasteiger charge is -2.33. The predicted molar refractivity (Wildman–Crippen MR) is 67.2 cm³/mol. The summed E-state index contributed by atoms with van der Waals surface area (Å²) in [5, 5.41) is 11.6. The second kappa shape index (κ2) is 5.33. The minimum atomic E-state index is -3.11. The number of hydrogen-bond acceptors (Lipinski definition) is 6. The molecule has 1 atom stereocenters. The number of thiazole rings is 1. The van der Waals surface area contributed by atoms with E-state index >= 15 is 0 Å². The Labute approximate surface area is 109 Å². The van der Waals surface area contributed by atoms with Gasteiger partial charge in [0.2, 0.25) is 0 Å². The smallest absolute Gasteiger partial charge is 0.304 e. The molecule has 1 aromatic rings. The van der Waals surface area contributed by atoms with Crippen LogP contribution in [0.5, 0.6) is 0 Å². The molecule has 100 valence electrons. The zero-order valence-electron chi connectivity index (χ0n) is 9.65. The number of hydrogen-bond donors (Lipinski definition) is 1. The minimum absolute atomic E-state index is 0.0787. The first-order valence-electron chi connectivity index (χ1n) is 5.51. The summed E-state index contributed by atoms with van der Waals surface area (Å²) >= 11 is 1.49. The number of aromatic nitrogens is 1. The maximum atomic E-state index is 11.6. The highest BCUT2D eigenvalue weighted by atomic mass is 32.2. The monoisotopic (exact) mass is 290 g/mol. The lowest BCUT2D eigenvalue weighted by atomic mass is 10.2. The molecular formula is C10H14N2O4S2. The van der Waals surface area contributed by atoms with E-state index in [-0.39, 0.29) is 17.9 Å². The van der Waals surface area contributed by atoms with E-state index in [0.29, 0.717) is 13.1 Å². The summed E-state index contributed by atoms with van der Waals surface area (Å²) in [6.07, 6.45) is 1.54. The van der Waals surface area contributed by atoms with Gasteiger partial charge in [-0.3, -0.25) is 9.69 Å². The topological polar surface area (TPSA) is 87.6 Å². The third-order valence-corrected chi connectivity index (χ3v) is 5.35. The highest BCUT2D eigenvalue weighted by molar-refractivity contribution is 7.91. The van der Waals surface area contributed by atoms with Crippen molar-refractivity contribution in [1.82, 2.24) is 9.88 Å². The zero-order valence-corrected chi connectivity index (χ0v) is 11.3. The van der Waals surface area contributed by atoms with E-state index in [1.165, 1.54) is 11.3 Å². The van der Waals surface area contributed by atoms with E-state index < -0.39 is 21.8 Å². The molecule has 1 N–H and O–H groups in total. The Kier molecular flexibility index (Phi) is 3.98. The average molecular weight is 290 g/mol. The van der Waals surface area contributed by atoms with Crippen LogP contribution in [0, 0.1) is 0 Å². The third-order valence-electron chi connectivity index (χ3n) is 2.88. The molecule has 1 aliphatic rings. The minimum Gasteiger partial charge on any atom is -0.481 e. The van der Waals surface area contributed by atoms with Crippen LogP contribution in [0.15, 0.2) is 11.6 Å². The van der Waals surface area contributed by atoms with Crippen LogP contribution < -0.4 is 0 Å². The Bertz CT molecular complexity index is 512. The van der Waals surface area contributed by atoms with Crippen LogP contribution in [0.25, 0.3) is 0 Å². The Morgan fingerprint density at radius 1 is 1.61 bits per heavy atom. The van der Waals surface area contributed by atoms with Crippen molar-refractivity contribution >= 4 is 27.1 Å². The van der Waals surface area contributed by atoms with E-state index in [9.17, 15) is 13.2 Å². The third kappa shape index (κ3) is 3.50. The fraction of sp³-hybridized carbons (Fsp3) is 0.600. The molecule has 8 heteroatoms. The van der Waals surface area contributed by atoms with Crippen molar-refractivity contribution in [2.45, 2.75) is 19.0 Å². The zero-order chi connectivity index (χ0) is 13.2. The highest BCUT2D eigenvalue weighted by Crippen LogP contribution is 2.18. The Balaban J connectivity index is 2.09. The predicted octanol–water partition coefficient (Wildman–Crippen LogP) is 0.217. The molecule has 0 spiro atoms. The summed E-state index contributed by atoms with van der Waals surface area (Å²) in [6, 6.07) is -0.454. The van der Waals surface area contributed by atoms with Gasteiger partial charge in [0.05, 0.1) is 24.5 Å². The first-order valence-corrected chi connectivity index (χ1v) is 8.21. The number of aliphatic carboxylic acids is 1. The van der Waals surface area contributed by atoms with Gasteiger partial charge in [-0.1, -0.05) is 0 Å². The van der Waals surface area contributed by atoms with Crippen molar-refractivity contribution in [3.8, 4) is 0 Å². The lowest BCUT2D eigenvalue weighted by Crippen LogP contribution is -2.48. The maximum absolute atomic E-state index is 11.6. The van der Waals surface area contributed by atoms with Gasteiger partial charge in [-0.2, -0.15) is 0 Å². The van der Waals surface area contributed by atoms with Gasteiger partial charge in [-0.25, -0.2) is 13.4 Å². The standard InChI is InChI=1S/C10H14N2O4S2/c13-10(14)5-8-7-18(15,16)4-2-12(8)6-9-11-1-3-17-9/h1,3,8H,2,4-7H2,(H,13,14). The average Bonchev–Trinajstić information content (AvgIpc) is 2.73. The van der Waals surface area contributed by atoms with Gasteiger partial charge in [0.15, 0.2) is 9.84 Å². The van der Waals surface area contributed by atoms with Crippen LogP contribution in [0.1, 0.15) is 11.4 Å². The van der Waals surface area contributed by atoms with Gasteiger partial charge in [0.25, 0.3) is 0 Å². The van der Waals surface area contributed by atoms with Crippen molar-refractivity contribution in [2.24, 2.45) is 0 Å². The molecule has 1 fully saturated rings. The molecule has 6 nitrogen and oxygen atoms in total. The second-order valence-corrected chi connectivity index (χ2v) is 7.47. The molecule has 0 amide bonds. The molecule has 0 aromatic carbocycles. The van der Waals surface area contributed by atoms with Crippen molar-refractivity contribution in [3.05, 3.63) is 16.6 Å². The van der Waals surface area contributed by atoms with E-state index in [4.69, 9.17) is 5.11 Å². The molecule has 1 saturated heterocycles. The molecule has 0 aliphatic carbocycles. The van der Waals surface area contributed by atoms with Crippen molar-refractivity contribution in [1.29, 1.82) is 0 Å². The van der Waals surface area contributed by atoms with Crippen LogP contribution in [-0.2, 0) is 21.2 Å². The van der Waals surface area contributed by atoms with E-state index in [1.807, 2.05) is 10.3 Å². The number of carbonyl (C=O) groups is 1. The molecule has 1 aromatic heterocycles. The highest BCUT2D eigenvalue weighted by Gasteiger charge is 2.32. The number of rotatable bonds is 4. The van der Waals surface area contributed by atoms with Crippen LogP contribution in [0.3, 0.4) is 0 Å². The molecule has 1 aliphatic heterocycles. The summed E-state index contributed by atoms with van der Waals surface area (Å²) in [4.78, 5) is 16.8. The summed E-state index contributed by atoms with van der Waals surface area (Å²) in [7, 11) is -3.11. The summed E-state index contributed by atoms with van der Waals surface area (Å²) in [6.45, 7) is 0.894. The van der Waals surface area contributed by atoms with Crippen LogP contribution >= 0.6 is 11.3 Å². The van der Waals surface area contributed by atoms with Gasteiger partial charge >= 0.3 is 5.97 Å². The quantitative estimate of drug-likeness (QED) is 0.853. The van der Waals surface area contributed by atoms with Gasteiger partial charge in [-0.15, -0.1) is 11.3 Å². The molecule has 0 bridgehead atoms. The fourth-order valence-electron chi connectivity index (χ4n) is 2.02. The van der Waals surface area contributed by atoms with Gasteiger partial charge in [-0.05, 0) is 0 Å². The maximum Gasteiger partial charge on any atom is 0.304 e.